The Morgan fingerprint density at radius 2 is 1.91 bits per heavy atom. The SMILES string of the molecule is CC(C)C(C)(CNC(=O)OC(C)(C)C)NC(=O)CC1CCCO1. The van der Waals surface area contributed by atoms with Crippen LogP contribution >= 0.6 is 0 Å². The maximum absolute atomic E-state index is 12.3. The van der Waals surface area contributed by atoms with Crippen LogP contribution in [0.4, 0.5) is 4.79 Å². The molecule has 1 aliphatic rings. The van der Waals surface area contributed by atoms with E-state index in [1.165, 1.54) is 0 Å². The molecule has 2 atom stereocenters. The maximum Gasteiger partial charge on any atom is 0.407 e. The van der Waals surface area contributed by atoms with Crippen LogP contribution in [0.25, 0.3) is 0 Å². The van der Waals surface area contributed by atoms with Crippen LogP contribution < -0.4 is 10.6 Å². The van der Waals surface area contributed by atoms with Gasteiger partial charge < -0.3 is 20.1 Å². The third-order valence-electron chi connectivity index (χ3n) is 4.14. The molecule has 1 heterocycles. The molecule has 2 N–H and O–H groups in total. The molecule has 1 rings (SSSR count). The molecule has 0 aromatic rings. The van der Waals surface area contributed by atoms with Gasteiger partial charge in [-0.1, -0.05) is 13.8 Å². The van der Waals surface area contributed by atoms with E-state index in [9.17, 15) is 9.59 Å². The van der Waals surface area contributed by atoms with Crippen molar-refractivity contribution >= 4 is 12.0 Å². The van der Waals surface area contributed by atoms with E-state index in [2.05, 4.69) is 10.6 Å². The fourth-order valence-corrected chi connectivity index (χ4v) is 2.34. The second-order valence-electron chi connectivity index (χ2n) is 7.81. The molecule has 0 aromatic carbocycles. The molecule has 1 saturated heterocycles. The van der Waals surface area contributed by atoms with Crippen LogP contribution in [0.3, 0.4) is 0 Å². The number of amides is 2. The molecule has 134 valence electrons. The van der Waals surface area contributed by atoms with Crippen LogP contribution in [0.15, 0.2) is 0 Å². The van der Waals surface area contributed by atoms with Crippen molar-refractivity contribution in [2.45, 2.75) is 78.0 Å². The van der Waals surface area contributed by atoms with Crippen LogP contribution in [0.5, 0.6) is 0 Å². The third-order valence-corrected chi connectivity index (χ3v) is 4.14. The highest BCUT2D eigenvalue weighted by Crippen LogP contribution is 2.19. The minimum absolute atomic E-state index is 0.0187. The maximum atomic E-state index is 12.3. The summed E-state index contributed by atoms with van der Waals surface area (Å²) in [4.78, 5) is 24.1. The van der Waals surface area contributed by atoms with Gasteiger partial charge in [0.15, 0.2) is 0 Å². The fourth-order valence-electron chi connectivity index (χ4n) is 2.34. The first kappa shape index (κ1) is 19.7. The summed E-state index contributed by atoms with van der Waals surface area (Å²) in [5, 5.41) is 5.80. The highest BCUT2D eigenvalue weighted by Gasteiger charge is 2.32. The molecular formula is C17H32N2O4. The highest BCUT2D eigenvalue weighted by atomic mass is 16.6. The number of alkyl carbamates (subject to hydrolysis) is 1. The van der Waals surface area contributed by atoms with Crippen LogP contribution in [-0.4, -0.2) is 42.4 Å². The standard InChI is InChI=1S/C17H32N2O4/c1-12(2)17(6,11-18-15(21)23-16(3,4)5)19-14(20)10-13-8-7-9-22-13/h12-13H,7-11H2,1-6H3,(H,18,21)(H,19,20). The van der Waals surface area contributed by atoms with Crippen molar-refractivity contribution in [1.29, 1.82) is 0 Å². The Morgan fingerprint density at radius 3 is 2.39 bits per heavy atom. The number of nitrogens with one attached hydrogen (secondary N) is 2. The number of ether oxygens (including phenoxy) is 2. The smallest absolute Gasteiger partial charge is 0.407 e. The predicted octanol–water partition coefficient (Wildman–Crippen LogP) is 2.61. The molecule has 1 aliphatic heterocycles. The zero-order valence-corrected chi connectivity index (χ0v) is 15.3. The fraction of sp³-hybridized carbons (Fsp3) is 0.882. The van der Waals surface area contributed by atoms with E-state index in [1.54, 1.807) is 0 Å². The predicted molar refractivity (Wildman–Crippen MR) is 89.2 cm³/mol. The van der Waals surface area contributed by atoms with E-state index in [-0.39, 0.29) is 17.9 Å². The zero-order chi connectivity index (χ0) is 17.7. The van der Waals surface area contributed by atoms with Gasteiger partial charge in [-0.15, -0.1) is 0 Å². The van der Waals surface area contributed by atoms with Crippen molar-refractivity contribution in [1.82, 2.24) is 10.6 Å². The summed E-state index contributed by atoms with van der Waals surface area (Å²) in [7, 11) is 0. The number of hydrogen-bond donors (Lipinski definition) is 2. The lowest BCUT2D eigenvalue weighted by Crippen LogP contribution is -2.57. The number of carbonyl (C=O) groups is 2. The van der Waals surface area contributed by atoms with Crippen molar-refractivity contribution in [3.05, 3.63) is 0 Å². The Kier molecular flexibility index (Phi) is 6.86. The first-order chi connectivity index (χ1) is 10.5. The van der Waals surface area contributed by atoms with Gasteiger partial charge in [-0.3, -0.25) is 4.79 Å². The Bertz CT molecular complexity index is 411. The number of carbonyl (C=O) groups excluding carboxylic acids is 2. The van der Waals surface area contributed by atoms with Gasteiger partial charge in [-0.05, 0) is 46.5 Å². The number of rotatable bonds is 6. The molecule has 0 aromatic heterocycles. The normalized spacial score (nSPS) is 20.9. The minimum Gasteiger partial charge on any atom is -0.444 e. The minimum atomic E-state index is -0.540. The summed E-state index contributed by atoms with van der Waals surface area (Å²) in [6, 6.07) is 0. The summed E-state index contributed by atoms with van der Waals surface area (Å²) in [6.07, 6.45) is 1.86. The second-order valence-corrected chi connectivity index (χ2v) is 7.81. The monoisotopic (exact) mass is 328 g/mol. The van der Waals surface area contributed by atoms with Gasteiger partial charge in [0.05, 0.1) is 18.1 Å². The van der Waals surface area contributed by atoms with E-state index in [0.29, 0.717) is 13.0 Å². The van der Waals surface area contributed by atoms with Crippen molar-refractivity contribution in [2.24, 2.45) is 5.92 Å². The lowest BCUT2D eigenvalue weighted by molar-refractivity contribution is -0.125. The Balaban J connectivity index is 2.53. The van der Waals surface area contributed by atoms with Crippen LogP contribution in [0.2, 0.25) is 0 Å². The van der Waals surface area contributed by atoms with Gasteiger partial charge >= 0.3 is 6.09 Å². The van der Waals surface area contributed by atoms with E-state index in [1.807, 2.05) is 41.5 Å². The van der Waals surface area contributed by atoms with Gasteiger partial charge in [0.25, 0.3) is 0 Å². The molecule has 1 fully saturated rings. The van der Waals surface area contributed by atoms with E-state index in [4.69, 9.17) is 9.47 Å². The van der Waals surface area contributed by atoms with Crippen LogP contribution in [0, 0.1) is 5.92 Å². The first-order valence-corrected chi connectivity index (χ1v) is 8.41. The molecule has 0 saturated carbocycles. The van der Waals surface area contributed by atoms with E-state index >= 15 is 0 Å². The van der Waals surface area contributed by atoms with Crippen molar-refractivity contribution in [3.8, 4) is 0 Å². The summed E-state index contributed by atoms with van der Waals surface area (Å²) < 4.78 is 10.7. The summed E-state index contributed by atoms with van der Waals surface area (Å²) >= 11 is 0. The molecule has 0 aliphatic carbocycles. The Morgan fingerprint density at radius 1 is 1.26 bits per heavy atom. The molecule has 23 heavy (non-hydrogen) atoms. The molecule has 0 spiro atoms. The molecule has 2 amide bonds. The molecule has 6 nitrogen and oxygen atoms in total. The lowest BCUT2D eigenvalue weighted by Gasteiger charge is -2.35. The van der Waals surface area contributed by atoms with Crippen molar-refractivity contribution < 1.29 is 19.1 Å². The van der Waals surface area contributed by atoms with Crippen molar-refractivity contribution in [2.75, 3.05) is 13.2 Å². The summed E-state index contributed by atoms with van der Waals surface area (Å²) in [6.45, 7) is 12.5. The largest absolute Gasteiger partial charge is 0.444 e. The van der Waals surface area contributed by atoms with E-state index < -0.39 is 17.2 Å². The quantitative estimate of drug-likeness (QED) is 0.786. The van der Waals surface area contributed by atoms with Gasteiger partial charge in [-0.25, -0.2) is 4.79 Å². The highest BCUT2D eigenvalue weighted by molar-refractivity contribution is 5.77. The lowest BCUT2D eigenvalue weighted by atomic mass is 9.88. The van der Waals surface area contributed by atoms with Gasteiger partial charge in [0.2, 0.25) is 5.91 Å². The average Bonchev–Trinajstić information content (AvgIpc) is 2.86. The van der Waals surface area contributed by atoms with Gasteiger partial charge in [0, 0.05) is 13.2 Å². The molecular weight excluding hydrogens is 296 g/mol. The van der Waals surface area contributed by atoms with Gasteiger partial charge in [-0.2, -0.15) is 0 Å². The second kappa shape index (κ2) is 7.99. The Labute approximate surface area is 139 Å². The summed E-state index contributed by atoms with van der Waals surface area (Å²) in [5.41, 5.74) is -1.08. The Hall–Kier alpha value is -1.30. The topological polar surface area (TPSA) is 76.7 Å². The molecule has 0 bridgehead atoms. The van der Waals surface area contributed by atoms with Crippen molar-refractivity contribution in [3.63, 3.8) is 0 Å². The molecule has 6 heteroatoms. The first-order valence-electron chi connectivity index (χ1n) is 8.41. The summed E-state index contributed by atoms with van der Waals surface area (Å²) in [5.74, 6) is 0.116. The average molecular weight is 328 g/mol. The zero-order valence-electron chi connectivity index (χ0n) is 15.3. The van der Waals surface area contributed by atoms with E-state index in [0.717, 1.165) is 19.4 Å². The van der Waals surface area contributed by atoms with Crippen LogP contribution in [0.1, 0.15) is 60.8 Å². The third kappa shape index (κ3) is 7.20. The number of hydrogen-bond acceptors (Lipinski definition) is 4. The van der Waals surface area contributed by atoms with Crippen LogP contribution in [-0.2, 0) is 14.3 Å². The molecule has 2 unspecified atom stereocenters. The molecule has 0 radical (unpaired) electrons. The van der Waals surface area contributed by atoms with Gasteiger partial charge in [0.1, 0.15) is 5.60 Å².